The van der Waals surface area contributed by atoms with Crippen LogP contribution in [0.2, 0.25) is 0 Å². The fraction of sp³-hybridized carbons (Fsp3) is 0.591. The topological polar surface area (TPSA) is 81.5 Å². The van der Waals surface area contributed by atoms with Crippen LogP contribution in [0.4, 0.5) is 14.7 Å². The van der Waals surface area contributed by atoms with Crippen molar-refractivity contribution >= 4 is 11.9 Å². The van der Waals surface area contributed by atoms with Crippen LogP contribution >= 0.6 is 0 Å². The largest absolute Gasteiger partial charge is 0.497 e. The molecule has 1 amide bonds. The Morgan fingerprint density at radius 3 is 2.72 bits per heavy atom. The number of fused-ring (bicyclic) bond motifs is 1. The number of methoxy groups -OCH3 is 1. The summed E-state index contributed by atoms with van der Waals surface area (Å²) in [6, 6.07) is 6.12. The molecule has 1 aromatic heterocycles. The van der Waals surface area contributed by atoms with E-state index in [9.17, 15) is 13.6 Å². The number of carbonyl (C=O) groups is 1. The molecule has 0 radical (unpaired) electrons. The van der Waals surface area contributed by atoms with E-state index in [4.69, 9.17) is 9.47 Å². The number of rotatable bonds is 7. The second-order valence-electron chi connectivity index (χ2n) is 8.27. The molecule has 1 fully saturated rings. The molecule has 1 N–H and O–H groups in total. The zero-order chi connectivity index (χ0) is 22.7. The summed E-state index contributed by atoms with van der Waals surface area (Å²) in [7, 11) is 1.58. The maximum Gasteiger partial charge on any atom is 0.263 e. The van der Waals surface area contributed by atoms with Crippen molar-refractivity contribution in [2.75, 3.05) is 25.5 Å². The summed E-state index contributed by atoms with van der Waals surface area (Å²) in [5, 5.41) is 7.21. The first-order chi connectivity index (χ1) is 15.5. The minimum absolute atomic E-state index is 0.0458. The van der Waals surface area contributed by atoms with Crippen LogP contribution in [0.25, 0.3) is 0 Å². The molecule has 0 saturated carbocycles. The number of benzene rings is 1. The highest BCUT2D eigenvalue weighted by Crippen LogP contribution is 2.35. The van der Waals surface area contributed by atoms with Crippen molar-refractivity contribution in [1.29, 1.82) is 0 Å². The van der Waals surface area contributed by atoms with Gasteiger partial charge in [0.2, 0.25) is 5.95 Å². The lowest BCUT2D eigenvalue weighted by atomic mass is 9.85. The SMILES string of the molecule is CC[C@H](Oc1cccc(OC)c1)C(=O)N1CCC([C@@H]2C[C@H](C(F)F)n3ncnc3N2)CC1. The van der Waals surface area contributed by atoms with E-state index in [1.807, 2.05) is 24.0 Å². The number of ether oxygens (including phenoxy) is 2. The number of piperidine rings is 1. The van der Waals surface area contributed by atoms with Crippen molar-refractivity contribution in [2.45, 2.75) is 57.2 Å². The number of amides is 1. The predicted molar refractivity (Wildman–Crippen MR) is 114 cm³/mol. The molecular formula is C22H29F2N5O3. The Balaban J connectivity index is 1.35. The molecule has 2 aliphatic rings. The first-order valence-electron chi connectivity index (χ1n) is 11.0. The van der Waals surface area contributed by atoms with Crippen molar-refractivity contribution in [3.05, 3.63) is 30.6 Å². The van der Waals surface area contributed by atoms with Gasteiger partial charge in [0, 0.05) is 25.2 Å². The number of hydrogen-bond acceptors (Lipinski definition) is 6. The molecule has 1 aromatic carbocycles. The zero-order valence-electron chi connectivity index (χ0n) is 18.3. The molecule has 4 rings (SSSR count). The smallest absolute Gasteiger partial charge is 0.263 e. The Morgan fingerprint density at radius 1 is 1.28 bits per heavy atom. The number of carbonyl (C=O) groups excluding carboxylic acids is 1. The van der Waals surface area contributed by atoms with Crippen LogP contribution in [0, 0.1) is 5.92 Å². The van der Waals surface area contributed by atoms with Crippen LogP contribution in [-0.2, 0) is 4.79 Å². The number of alkyl halides is 2. The zero-order valence-corrected chi connectivity index (χ0v) is 18.3. The molecule has 174 valence electrons. The third kappa shape index (κ3) is 4.63. The van der Waals surface area contributed by atoms with Crippen molar-refractivity contribution < 1.29 is 23.0 Å². The Kier molecular flexibility index (Phi) is 6.76. The lowest BCUT2D eigenvalue weighted by Gasteiger charge is -2.40. The molecule has 2 aliphatic heterocycles. The van der Waals surface area contributed by atoms with E-state index in [0.29, 0.717) is 43.4 Å². The van der Waals surface area contributed by atoms with Gasteiger partial charge in [-0.1, -0.05) is 13.0 Å². The van der Waals surface area contributed by atoms with E-state index in [0.717, 1.165) is 12.8 Å². The summed E-state index contributed by atoms with van der Waals surface area (Å²) in [6.45, 7) is 3.07. The van der Waals surface area contributed by atoms with Crippen molar-refractivity contribution in [1.82, 2.24) is 19.7 Å². The van der Waals surface area contributed by atoms with Crippen LogP contribution in [-0.4, -0.2) is 64.3 Å². The first kappa shape index (κ1) is 22.3. The summed E-state index contributed by atoms with van der Waals surface area (Å²) in [6.07, 6.45) is 0.546. The molecule has 0 unspecified atom stereocenters. The predicted octanol–water partition coefficient (Wildman–Crippen LogP) is 3.37. The second-order valence-corrected chi connectivity index (χ2v) is 8.27. The number of aromatic nitrogens is 3. The molecule has 10 heteroatoms. The molecule has 3 heterocycles. The molecule has 0 bridgehead atoms. The van der Waals surface area contributed by atoms with Crippen LogP contribution in [0.1, 0.15) is 38.6 Å². The monoisotopic (exact) mass is 449 g/mol. The van der Waals surface area contributed by atoms with E-state index in [1.165, 1.54) is 11.0 Å². The lowest BCUT2D eigenvalue weighted by molar-refractivity contribution is -0.140. The highest BCUT2D eigenvalue weighted by Gasteiger charge is 2.39. The minimum atomic E-state index is -2.50. The van der Waals surface area contributed by atoms with Gasteiger partial charge in [0.05, 0.1) is 7.11 Å². The maximum absolute atomic E-state index is 13.5. The summed E-state index contributed by atoms with van der Waals surface area (Å²) in [5.74, 6) is 1.79. The number of nitrogens with zero attached hydrogens (tertiary/aromatic N) is 4. The van der Waals surface area contributed by atoms with E-state index < -0.39 is 18.6 Å². The van der Waals surface area contributed by atoms with Crippen LogP contribution in [0.5, 0.6) is 11.5 Å². The summed E-state index contributed by atoms with van der Waals surface area (Å²) >= 11 is 0. The van der Waals surface area contributed by atoms with Gasteiger partial charge in [-0.05, 0) is 43.7 Å². The van der Waals surface area contributed by atoms with Gasteiger partial charge >= 0.3 is 0 Å². The van der Waals surface area contributed by atoms with Gasteiger partial charge in [0.25, 0.3) is 12.3 Å². The van der Waals surface area contributed by atoms with Crippen LogP contribution < -0.4 is 14.8 Å². The van der Waals surface area contributed by atoms with Crippen LogP contribution in [0.15, 0.2) is 30.6 Å². The minimum Gasteiger partial charge on any atom is -0.497 e. The molecule has 0 spiro atoms. The quantitative estimate of drug-likeness (QED) is 0.698. The highest BCUT2D eigenvalue weighted by molar-refractivity contribution is 5.81. The number of anilines is 1. The Hall–Kier alpha value is -2.91. The number of nitrogens with one attached hydrogen (secondary N) is 1. The Labute approximate surface area is 185 Å². The molecule has 2 aromatic rings. The third-order valence-electron chi connectivity index (χ3n) is 6.37. The molecule has 3 atom stereocenters. The molecule has 32 heavy (non-hydrogen) atoms. The number of hydrogen-bond donors (Lipinski definition) is 1. The lowest BCUT2D eigenvalue weighted by Crippen LogP contribution is -2.49. The third-order valence-corrected chi connectivity index (χ3v) is 6.37. The van der Waals surface area contributed by atoms with E-state index in [-0.39, 0.29) is 17.9 Å². The molecule has 1 saturated heterocycles. The highest BCUT2D eigenvalue weighted by atomic mass is 19.3. The number of likely N-dealkylation sites (tertiary alicyclic amines) is 1. The second kappa shape index (κ2) is 9.70. The number of halogens is 2. The van der Waals surface area contributed by atoms with Gasteiger partial charge in [0.15, 0.2) is 6.10 Å². The molecule has 8 nitrogen and oxygen atoms in total. The normalized spacial score (nSPS) is 22.2. The summed E-state index contributed by atoms with van der Waals surface area (Å²) < 4.78 is 39.5. The van der Waals surface area contributed by atoms with Crippen molar-refractivity contribution in [2.24, 2.45) is 5.92 Å². The van der Waals surface area contributed by atoms with Crippen molar-refractivity contribution in [3.63, 3.8) is 0 Å². The Bertz CT molecular complexity index is 916. The van der Waals surface area contributed by atoms with Gasteiger partial charge in [-0.2, -0.15) is 10.1 Å². The Morgan fingerprint density at radius 2 is 2.03 bits per heavy atom. The van der Waals surface area contributed by atoms with Gasteiger partial charge in [-0.25, -0.2) is 13.5 Å². The van der Waals surface area contributed by atoms with E-state index >= 15 is 0 Å². The standard InChI is InChI=1S/C22H29F2N5O3/c1-3-19(32-16-6-4-5-15(11-16)31-2)21(30)28-9-7-14(8-10-28)17-12-18(20(23)24)29-22(27-17)25-13-26-29/h4-6,11,13-14,17-20H,3,7-10,12H2,1-2H3,(H,25,26,27)/t17-,18+,19-/m0/s1. The molecular weight excluding hydrogens is 420 g/mol. The van der Waals surface area contributed by atoms with Crippen molar-refractivity contribution in [3.8, 4) is 11.5 Å². The molecule has 0 aliphatic carbocycles. The fourth-order valence-corrected chi connectivity index (χ4v) is 4.57. The summed E-state index contributed by atoms with van der Waals surface area (Å²) in [4.78, 5) is 19.0. The fourth-order valence-electron chi connectivity index (χ4n) is 4.57. The maximum atomic E-state index is 13.5. The van der Waals surface area contributed by atoms with Gasteiger partial charge in [0.1, 0.15) is 23.9 Å². The average Bonchev–Trinajstić information content (AvgIpc) is 3.30. The van der Waals surface area contributed by atoms with E-state index in [1.54, 1.807) is 19.2 Å². The van der Waals surface area contributed by atoms with E-state index in [2.05, 4.69) is 15.4 Å². The van der Waals surface area contributed by atoms with Gasteiger partial charge in [-0.15, -0.1) is 0 Å². The van der Waals surface area contributed by atoms with Crippen LogP contribution in [0.3, 0.4) is 0 Å². The van der Waals surface area contributed by atoms with Gasteiger partial charge in [-0.3, -0.25) is 4.79 Å². The average molecular weight is 450 g/mol. The van der Waals surface area contributed by atoms with Gasteiger partial charge < -0.3 is 19.7 Å². The summed E-state index contributed by atoms with van der Waals surface area (Å²) in [5.41, 5.74) is 0. The first-order valence-corrected chi connectivity index (χ1v) is 11.0.